The first-order valence-electron chi connectivity index (χ1n) is 34.4. The summed E-state index contributed by atoms with van der Waals surface area (Å²) in [6.45, 7) is 12.9. The van der Waals surface area contributed by atoms with Gasteiger partial charge < -0.3 is 26.4 Å². The number of aromatic hydroxyl groups is 1. The molecule has 2 aliphatic heterocycles. The van der Waals surface area contributed by atoms with Crippen LogP contribution in [0, 0.1) is 43.1 Å². The second kappa shape index (κ2) is 40.2. The van der Waals surface area contributed by atoms with Crippen molar-refractivity contribution in [1.29, 1.82) is 0 Å². The summed E-state index contributed by atoms with van der Waals surface area (Å²) in [6.07, 6.45) is 30.6. The van der Waals surface area contributed by atoms with Gasteiger partial charge in [-0.3, -0.25) is 25.9 Å². The van der Waals surface area contributed by atoms with Crippen molar-refractivity contribution in [2.24, 2.45) is 0 Å². The van der Waals surface area contributed by atoms with Crippen LogP contribution < -0.4 is 14.9 Å². The molecule has 8 aromatic heterocycles. The van der Waals surface area contributed by atoms with Crippen LogP contribution in [0.25, 0.3) is 89.6 Å². The summed E-state index contributed by atoms with van der Waals surface area (Å²) in [5, 5.41) is 8.63. The Morgan fingerprint density at radius 2 is 0.802 bits per heavy atom. The number of phenolic OH excluding ortho intramolecular Hbond substituents is 1. The molecule has 0 saturated heterocycles. The number of rotatable bonds is 12. The molecule has 0 radical (unpaired) electrons. The van der Waals surface area contributed by atoms with Crippen molar-refractivity contribution < 1.29 is 76.8 Å². The normalized spacial score (nSPS) is 10.8. The molecule has 0 spiro atoms. The zero-order valence-corrected chi connectivity index (χ0v) is 66.2. The van der Waals surface area contributed by atoms with Crippen molar-refractivity contribution >= 4 is 61.4 Å². The Kier molecular flexibility index (Phi) is 30.5. The minimum Gasteiger partial charge on any atom is -0.657 e. The predicted octanol–water partition coefficient (Wildman–Crippen LogP) is 22.1. The average molecular weight is 1930 g/mol. The maximum absolute atomic E-state index is 8.63. The number of phenols is 1. The summed E-state index contributed by atoms with van der Waals surface area (Å²) in [6, 6.07) is 83.9. The van der Waals surface area contributed by atoms with Gasteiger partial charge in [0.2, 0.25) is 0 Å². The minimum absolute atomic E-state index is 0. The molecule has 0 fully saturated rings. The number of hydrogen-bond acceptors (Lipinski definition) is 9. The van der Waals surface area contributed by atoms with Gasteiger partial charge in [0.15, 0.2) is 0 Å². The molecular weight excluding hydrogens is 1850 g/mol. The summed E-state index contributed by atoms with van der Waals surface area (Å²) in [7, 11) is 0. The molecule has 8 bridgehead atoms. The third-order valence-corrected chi connectivity index (χ3v) is 17.3. The number of anilines is 3. The molecule has 13 aromatic rings. The second-order valence-electron chi connectivity index (χ2n) is 23.7. The van der Waals surface area contributed by atoms with E-state index in [4.69, 9.17) is 44.3 Å². The number of benzene rings is 5. The third-order valence-electron chi connectivity index (χ3n) is 17.3. The van der Waals surface area contributed by atoms with Gasteiger partial charge in [0.25, 0.3) is 0 Å². The second-order valence-corrected chi connectivity index (χ2v) is 23.7. The fourth-order valence-electron chi connectivity index (χ4n) is 12.3. The predicted molar refractivity (Wildman–Crippen MR) is 432 cm³/mol. The van der Waals surface area contributed by atoms with E-state index >= 15 is 0 Å². The number of allylic oxidation sites excluding steroid dienone is 4. The Labute approximate surface area is 674 Å². The van der Waals surface area contributed by atoms with Crippen molar-refractivity contribution in [3.8, 4) is 81.6 Å². The van der Waals surface area contributed by atoms with Gasteiger partial charge in [-0.2, -0.15) is 0 Å². The van der Waals surface area contributed by atoms with Gasteiger partial charge in [0, 0.05) is 87.0 Å². The summed E-state index contributed by atoms with van der Waals surface area (Å²) in [4.78, 5) is 44.3. The number of aryl methyl sites for hydroxylation is 3. The zero-order valence-electron chi connectivity index (χ0n) is 59.5. The first kappa shape index (κ1) is 80.5. The van der Waals surface area contributed by atoms with E-state index in [-0.39, 0.29) is 71.6 Å². The molecule has 0 unspecified atom stereocenters. The smallest absolute Gasteiger partial charge is 0.657 e. The van der Waals surface area contributed by atoms with Crippen molar-refractivity contribution in [3.63, 3.8) is 0 Å². The van der Waals surface area contributed by atoms with E-state index in [1.165, 1.54) is 22.3 Å². The number of aromatic nitrogens is 9. The van der Waals surface area contributed by atoms with Crippen LogP contribution in [-0.4, -0.2) is 40.0 Å². The van der Waals surface area contributed by atoms with Crippen LogP contribution >= 0.6 is 0 Å². The van der Waals surface area contributed by atoms with Crippen molar-refractivity contribution in [2.45, 2.75) is 73.6 Å². The monoisotopic (exact) mass is 1930 g/mol. The Morgan fingerprint density at radius 1 is 0.415 bits per heavy atom. The first-order valence-corrected chi connectivity index (χ1v) is 34.4. The molecule has 542 valence electrons. The van der Waals surface area contributed by atoms with Crippen LogP contribution in [0.1, 0.15) is 112 Å². The molecule has 0 amide bonds. The van der Waals surface area contributed by atoms with Crippen molar-refractivity contribution in [3.05, 3.63) is 337 Å². The van der Waals surface area contributed by atoms with Crippen molar-refractivity contribution in [2.75, 3.05) is 4.90 Å². The Morgan fingerprint density at radius 3 is 1.24 bits per heavy atom. The number of terminal acetylenes is 2. The number of fused-ring (bicyclic) bond motifs is 8. The summed E-state index contributed by atoms with van der Waals surface area (Å²) in [5.74, 6) is 8.54. The van der Waals surface area contributed by atoms with E-state index in [1.807, 2.05) is 182 Å². The summed E-state index contributed by atoms with van der Waals surface area (Å²) < 4.78 is 0. The summed E-state index contributed by atoms with van der Waals surface area (Å²) in [5.41, 5.74) is 26.9. The molecule has 2 aliphatic rings. The third kappa shape index (κ3) is 19.8. The Hall–Kier alpha value is -11.2. The van der Waals surface area contributed by atoms with E-state index < -0.39 is 0 Å². The largest absolute Gasteiger partial charge is 2.00 e. The zero-order chi connectivity index (χ0) is 71.9. The fraction of sp³-hybridized carbons (Fsp3) is 0.120. The SMILES string of the molecule is C#CC1=C(CC)c2cc3[n-]c(cc4nc(cc5[n-]c(cc1n2)c(CC)c5CC)C(CC)=C4C)c(CC)c3C#C.Oc1ccccc1.[Au+].[C-]#Cc1ccc(N(c2ccccc2)c2ccccc2)cc1.[HH].[HH].[HH].[HH].[HH].[Pt+2].[Pt].[c-]1c(-c2ccccn2)cccc1-c1ccccn1.c1ccc(-c2cccc(-c3ccccn3)n2)nc1. The van der Waals surface area contributed by atoms with Crippen LogP contribution in [0.3, 0.4) is 0 Å². The van der Waals surface area contributed by atoms with Crippen molar-refractivity contribution in [1.82, 2.24) is 44.9 Å². The van der Waals surface area contributed by atoms with Gasteiger partial charge in [-0.15, -0.1) is 76.9 Å². The van der Waals surface area contributed by atoms with Gasteiger partial charge in [0.05, 0.1) is 51.1 Å². The number of para-hydroxylation sites is 3. The van der Waals surface area contributed by atoms with Crippen LogP contribution in [0.4, 0.5) is 17.1 Å². The minimum atomic E-state index is 0. The van der Waals surface area contributed by atoms with Crippen LogP contribution in [0.2, 0.25) is 0 Å². The molecule has 0 atom stereocenters. The van der Waals surface area contributed by atoms with E-state index in [2.05, 4.69) is 138 Å². The standard InChI is InChI=1S/C35H34N4.C20H14N.C16H11N2.C15H11N3.C6H6O.Au.2Pt.5H2/c1-9-21-20(8)28-16-30-22(10-2)23(11-3)32(37-30)18-34-26(14-6)27(15-7)35(39-34)19-33-25(13-5)24(12-4)31(38-33)17-29(21)36-28;1-2-17-13-15-20(16-14-17)21(18-9-5-3-6-10-18)19-11-7-4-8-12-19;1-3-10-17-15(8-1)13-6-5-7-14(12-13)16-9-2-4-11-18-16;1-3-10-16-12(6-1)14-8-5-9-15(18-14)13-7-2-4-11-17-13;7-6-4-2-1-3-5-6;;;;;;;;/h3,7,16-19H,9-10,12-14H2,1-2,4-6,8H3;3-16H;2*1-11H;1-5,7H;;;;5*1H/q-2;2*-1;;;+1;;+2;;;;;. The molecule has 15 rings (SSSR count). The number of nitrogens with zero attached hydrogens (tertiary/aromatic N) is 10. The molecule has 0 saturated carbocycles. The van der Waals surface area contributed by atoms with Gasteiger partial charge in [0.1, 0.15) is 5.75 Å². The van der Waals surface area contributed by atoms with E-state index in [0.717, 1.165) is 167 Å². The quantitative estimate of drug-likeness (QED) is 0.0710. The fourth-order valence-corrected chi connectivity index (χ4v) is 12.3. The molecule has 10 heterocycles. The first-order chi connectivity index (χ1) is 50.6. The molecule has 1 N–H and O–H groups in total. The van der Waals surface area contributed by atoms with Gasteiger partial charge in [-0.25, -0.2) is 15.0 Å². The molecule has 11 nitrogen and oxygen atoms in total. The van der Waals surface area contributed by atoms with Crippen LogP contribution in [-0.2, 0) is 83.8 Å². The van der Waals surface area contributed by atoms with E-state index in [0.29, 0.717) is 5.75 Å². The molecule has 14 heteroatoms. The number of pyridine rings is 5. The number of hydrogen-bond donors (Lipinski definition) is 1. The van der Waals surface area contributed by atoms with E-state index in [1.54, 1.807) is 49.1 Å². The molecule has 5 aromatic carbocycles. The van der Waals surface area contributed by atoms with Gasteiger partial charge in [-0.1, -0.05) is 190 Å². The molecule has 0 aliphatic carbocycles. The topological polar surface area (TPSA) is 142 Å². The van der Waals surface area contributed by atoms with Crippen LogP contribution in [0.15, 0.2) is 274 Å². The maximum Gasteiger partial charge on any atom is 2.00 e. The average Bonchev–Trinajstić information content (AvgIpc) is 1.62. The van der Waals surface area contributed by atoms with Gasteiger partial charge in [-0.05, 0) is 158 Å². The maximum atomic E-state index is 8.63. The molecular formula is C92H86AuN10OPt2-. The molecule has 106 heavy (non-hydrogen) atoms. The Bertz CT molecular complexity index is 5170. The summed E-state index contributed by atoms with van der Waals surface area (Å²) >= 11 is 0. The Balaban J connectivity index is 0.000000381. The van der Waals surface area contributed by atoms with E-state index in [9.17, 15) is 0 Å². The van der Waals surface area contributed by atoms with Crippen LogP contribution in [0.5, 0.6) is 5.75 Å². The van der Waals surface area contributed by atoms with Gasteiger partial charge >= 0.3 is 43.4 Å².